The lowest BCUT2D eigenvalue weighted by Gasteiger charge is -2.27. The predicted octanol–water partition coefficient (Wildman–Crippen LogP) is 4.02. The molecular formula is C22H39IN4O. The molecule has 1 aromatic carbocycles. The fraction of sp³-hybridized carbons (Fsp3) is 0.682. The smallest absolute Gasteiger partial charge is 0.191 e. The summed E-state index contributed by atoms with van der Waals surface area (Å²) in [6, 6.07) is 8.75. The summed E-state index contributed by atoms with van der Waals surface area (Å²) in [6.07, 6.45) is 5.03. The van der Waals surface area contributed by atoms with E-state index in [1.54, 1.807) is 0 Å². The second kappa shape index (κ2) is 15.0. The monoisotopic (exact) mass is 502 g/mol. The number of aliphatic imine (C=N–C) groups is 1. The van der Waals surface area contributed by atoms with E-state index in [9.17, 15) is 0 Å². The van der Waals surface area contributed by atoms with Gasteiger partial charge in [0.25, 0.3) is 0 Å². The Balaban J connectivity index is 0.00000392. The fourth-order valence-corrected chi connectivity index (χ4v) is 3.34. The Morgan fingerprint density at radius 2 is 1.82 bits per heavy atom. The van der Waals surface area contributed by atoms with Crippen molar-refractivity contribution in [2.24, 2.45) is 10.9 Å². The summed E-state index contributed by atoms with van der Waals surface area (Å²) < 4.78 is 5.62. The van der Waals surface area contributed by atoms with Gasteiger partial charge >= 0.3 is 0 Å². The zero-order chi connectivity index (χ0) is 19.3. The van der Waals surface area contributed by atoms with Crippen LogP contribution in [0.1, 0.15) is 50.7 Å². The summed E-state index contributed by atoms with van der Waals surface area (Å²) in [4.78, 5) is 6.91. The maximum absolute atomic E-state index is 5.62. The number of hydrogen-bond donors (Lipinski definition) is 2. The maximum Gasteiger partial charge on any atom is 0.191 e. The highest BCUT2D eigenvalue weighted by molar-refractivity contribution is 14.0. The Morgan fingerprint density at radius 3 is 2.50 bits per heavy atom. The lowest BCUT2D eigenvalue weighted by atomic mass is 10.0. The van der Waals surface area contributed by atoms with Crippen molar-refractivity contribution >= 4 is 29.9 Å². The molecule has 0 spiro atoms. The molecule has 6 heteroatoms. The first-order valence-corrected chi connectivity index (χ1v) is 10.5. The van der Waals surface area contributed by atoms with E-state index in [0.29, 0.717) is 5.92 Å². The van der Waals surface area contributed by atoms with Crippen LogP contribution in [0.25, 0.3) is 0 Å². The van der Waals surface area contributed by atoms with E-state index in [1.165, 1.54) is 43.5 Å². The third-order valence-electron chi connectivity index (χ3n) is 4.84. The van der Waals surface area contributed by atoms with Gasteiger partial charge in [0.05, 0.1) is 0 Å². The van der Waals surface area contributed by atoms with Crippen molar-refractivity contribution in [1.82, 2.24) is 15.5 Å². The van der Waals surface area contributed by atoms with Gasteiger partial charge in [-0.2, -0.15) is 0 Å². The number of piperidine rings is 1. The summed E-state index contributed by atoms with van der Waals surface area (Å²) in [5, 5.41) is 6.83. The quantitative estimate of drug-likeness (QED) is 0.220. The molecule has 0 aliphatic carbocycles. The molecule has 1 saturated heterocycles. The first-order chi connectivity index (χ1) is 13.2. The van der Waals surface area contributed by atoms with E-state index >= 15 is 0 Å². The Kier molecular flexibility index (Phi) is 13.5. The van der Waals surface area contributed by atoms with Gasteiger partial charge in [-0.1, -0.05) is 44.5 Å². The van der Waals surface area contributed by atoms with E-state index in [2.05, 4.69) is 58.6 Å². The summed E-state index contributed by atoms with van der Waals surface area (Å²) in [7, 11) is 1.82. The molecule has 0 bridgehead atoms. The molecule has 28 heavy (non-hydrogen) atoms. The standard InChI is InChI=1S/C22H38N4O.HI/c1-19(2)18-27-15-9-12-24-22(23-3)25-16-20-10-5-6-11-21(20)17-26-13-7-4-8-14-26;/h5-6,10-11,19H,4,7-9,12-18H2,1-3H3,(H2,23,24,25);1H. The Hall–Kier alpha value is -0.860. The van der Waals surface area contributed by atoms with Gasteiger partial charge in [-0.3, -0.25) is 9.89 Å². The van der Waals surface area contributed by atoms with Crippen LogP contribution in [-0.4, -0.2) is 50.8 Å². The van der Waals surface area contributed by atoms with Crippen molar-refractivity contribution in [2.75, 3.05) is 39.9 Å². The molecule has 0 aromatic heterocycles. The van der Waals surface area contributed by atoms with Gasteiger partial charge in [-0.05, 0) is 49.4 Å². The highest BCUT2D eigenvalue weighted by Crippen LogP contribution is 2.16. The van der Waals surface area contributed by atoms with Gasteiger partial charge in [0.15, 0.2) is 5.96 Å². The molecule has 5 nitrogen and oxygen atoms in total. The minimum absolute atomic E-state index is 0. The number of benzene rings is 1. The number of guanidine groups is 1. The lowest BCUT2D eigenvalue weighted by molar-refractivity contribution is 0.108. The predicted molar refractivity (Wildman–Crippen MR) is 129 cm³/mol. The maximum atomic E-state index is 5.62. The summed E-state index contributed by atoms with van der Waals surface area (Å²) in [6.45, 7) is 11.1. The first kappa shape index (κ1) is 25.2. The lowest BCUT2D eigenvalue weighted by Crippen LogP contribution is -2.38. The number of hydrogen-bond acceptors (Lipinski definition) is 3. The van der Waals surface area contributed by atoms with Crippen LogP contribution in [0, 0.1) is 5.92 Å². The molecule has 2 N–H and O–H groups in total. The average Bonchev–Trinajstić information content (AvgIpc) is 2.68. The van der Waals surface area contributed by atoms with Crippen molar-refractivity contribution in [3.63, 3.8) is 0 Å². The number of nitrogens with one attached hydrogen (secondary N) is 2. The number of rotatable bonds is 10. The molecular weight excluding hydrogens is 463 g/mol. The van der Waals surface area contributed by atoms with Crippen molar-refractivity contribution in [2.45, 2.75) is 52.6 Å². The summed E-state index contributed by atoms with van der Waals surface area (Å²) >= 11 is 0. The van der Waals surface area contributed by atoms with E-state index < -0.39 is 0 Å². The summed E-state index contributed by atoms with van der Waals surface area (Å²) in [5.74, 6) is 1.45. The van der Waals surface area contributed by atoms with Crippen LogP contribution in [0.5, 0.6) is 0 Å². The molecule has 2 rings (SSSR count). The second-order valence-corrected chi connectivity index (χ2v) is 7.78. The normalized spacial score (nSPS) is 15.4. The molecule has 160 valence electrons. The third kappa shape index (κ3) is 10.1. The second-order valence-electron chi connectivity index (χ2n) is 7.78. The van der Waals surface area contributed by atoms with Crippen LogP contribution in [0.2, 0.25) is 0 Å². The molecule has 0 unspecified atom stereocenters. The van der Waals surface area contributed by atoms with Gasteiger partial charge in [0.1, 0.15) is 0 Å². The topological polar surface area (TPSA) is 48.9 Å². The van der Waals surface area contributed by atoms with Crippen LogP contribution in [0.15, 0.2) is 29.3 Å². The van der Waals surface area contributed by atoms with Gasteiger partial charge in [-0.15, -0.1) is 24.0 Å². The SMILES string of the molecule is CN=C(NCCCOCC(C)C)NCc1ccccc1CN1CCCCC1.I. The molecule has 0 radical (unpaired) electrons. The number of likely N-dealkylation sites (tertiary alicyclic amines) is 1. The van der Waals surface area contributed by atoms with Crippen LogP contribution in [-0.2, 0) is 17.8 Å². The van der Waals surface area contributed by atoms with Crippen LogP contribution >= 0.6 is 24.0 Å². The van der Waals surface area contributed by atoms with Crippen molar-refractivity contribution in [1.29, 1.82) is 0 Å². The van der Waals surface area contributed by atoms with Gasteiger partial charge in [-0.25, -0.2) is 0 Å². The number of halogens is 1. The van der Waals surface area contributed by atoms with E-state index in [1.807, 2.05) is 7.05 Å². The van der Waals surface area contributed by atoms with Gasteiger partial charge in [0, 0.05) is 39.9 Å². The minimum atomic E-state index is 0. The van der Waals surface area contributed by atoms with Gasteiger partial charge in [0.2, 0.25) is 0 Å². The first-order valence-electron chi connectivity index (χ1n) is 10.5. The Morgan fingerprint density at radius 1 is 1.11 bits per heavy atom. The van der Waals surface area contributed by atoms with E-state index in [4.69, 9.17) is 4.74 Å². The zero-order valence-electron chi connectivity index (χ0n) is 17.9. The largest absolute Gasteiger partial charge is 0.381 e. The van der Waals surface area contributed by atoms with E-state index in [0.717, 1.165) is 45.2 Å². The van der Waals surface area contributed by atoms with Crippen molar-refractivity contribution < 1.29 is 4.74 Å². The number of ether oxygens (including phenoxy) is 1. The molecule has 1 fully saturated rings. The van der Waals surface area contributed by atoms with Crippen molar-refractivity contribution in [3.8, 4) is 0 Å². The Bertz CT molecular complexity index is 559. The minimum Gasteiger partial charge on any atom is -0.381 e. The Labute approximate surface area is 188 Å². The highest BCUT2D eigenvalue weighted by Gasteiger charge is 2.12. The molecule has 1 aromatic rings. The van der Waals surface area contributed by atoms with Crippen LogP contribution < -0.4 is 10.6 Å². The molecule has 0 atom stereocenters. The molecule has 0 amide bonds. The third-order valence-corrected chi connectivity index (χ3v) is 4.84. The average molecular weight is 502 g/mol. The van der Waals surface area contributed by atoms with Crippen molar-refractivity contribution in [3.05, 3.63) is 35.4 Å². The van der Waals surface area contributed by atoms with Crippen LogP contribution in [0.4, 0.5) is 0 Å². The van der Waals surface area contributed by atoms with Gasteiger partial charge < -0.3 is 15.4 Å². The molecule has 1 aliphatic rings. The number of nitrogens with zero attached hydrogens (tertiary/aromatic N) is 2. The van der Waals surface area contributed by atoms with E-state index in [-0.39, 0.29) is 24.0 Å². The highest BCUT2D eigenvalue weighted by atomic mass is 127. The fourth-order valence-electron chi connectivity index (χ4n) is 3.34. The van der Waals surface area contributed by atoms with Crippen LogP contribution in [0.3, 0.4) is 0 Å². The summed E-state index contributed by atoms with van der Waals surface area (Å²) in [5.41, 5.74) is 2.77. The molecule has 1 heterocycles. The molecule has 0 saturated carbocycles. The molecule has 1 aliphatic heterocycles. The zero-order valence-corrected chi connectivity index (χ0v) is 20.2.